The highest BCUT2D eigenvalue weighted by Gasteiger charge is 2.23. The predicted octanol–water partition coefficient (Wildman–Crippen LogP) is 2.19. The molecule has 0 bridgehead atoms. The van der Waals surface area contributed by atoms with E-state index in [0.717, 1.165) is 0 Å². The summed E-state index contributed by atoms with van der Waals surface area (Å²) >= 11 is 0. The average Bonchev–Trinajstić information content (AvgIpc) is 2.65. The van der Waals surface area contributed by atoms with Crippen LogP contribution in [0.5, 0.6) is 17.2 Å². The Morgan fingerprint density at radius 3 is 2.56 bits per heavy atom. The fourth-order valence-electron chi connectivity index (χ4n) is 3.00. The second-order valence-corrected chi connectivity index (χ2v) is 6.00. The van der Waals surface area contributed by atoms with Crippen LogP contribution in [0.25, 0.3) is 11.1 Å². The topological polar surface area (TPSA) is 99.4 Å². The van der Waals surface area contributed by atoms with Gasteiger partial charge in [0.2, 0.25) is 0 Å². The van der Waals surface area contributed by atoms with Crippen LogP contribution in [0.2, 0.25) is 0 Å². The number of aliphatic hydroxyl groups excluding tert-OH is 2. The second-order valence-electron chi connectivity index (χ2n) is 6.00. The van der Waals surface area contributed by atoms with Gasteiger partial charge in [0.15, 0.2) is 0 Å². The Balaban J connectivity index is 2.51. The lowest BCUT2D eigenvalue weighted by Gasteiger charge is -2.20. The Morgan fingerprint density at radius 2 is 1.93 bits per heavy atom. The highest BCUT2D eigenvalue weighted by atomic mass is 19.1. The molecule has 2 aromatic carbocycles. The zero-order valence-corrected chi connectivity index (χ0v) is 15.3. The summed E-state index contributed by atoms with van der Waals surface area (Å²) in [4.78, 5) is 0. The molecule has 6 nitrogen and oxygen atoms in total. The molecule has 1 radical (unpaired) electrons. The van der Waals surface area contributed by atoms with E-state index in [-0.39, 0.29) is 48.0 Å². The molecule has 0 fully saturated rings. The van der Waals surface area contributed by atoms with Crippen molar-refractivity contribution in [2.75, 3.05) is 26.9 Å². The molecule has 27 heavy (non-hydrogen) atoms. The van der Waals surface area contributed by atoms with Gasteiger partial charge in [0.1, 0.15) is 29.2 Å². The van der Waals surface area contributed by atoms with Crippen LogP contribution in [0.1, 0.15) is 18.1 Å². The number of halogens is 1. The molecule has 0 amide bonds. The SMILES string of the molecule is CCc1c(O)cc(O)c(-c2c(F)[c]ccc2OC)c1CCOCC(O)CO. The molecule has 0 aliphatic rings. The van der Waals surface area contributed by atoms with Gasteiger partial charge in [0, 0.05) is 17.7 Å². The van der Waals surface area contributed by atoms with Crippen molar-refractivity contribution in [3.8, 4) is 28.4 Å². The first kappa shape index (κ1) is 21.0. The van der Waals surface area contributed by atoms with E-state index in [0.29, 0.717) is 17.5 Å². The average molecular weight is 379 g/mol. The van der Waals surface area contributed by atoms with Gasteiger partial charge in [-0.2, -0.15) is 0 Å². The molecule has 0 saturated heterocycles. The summed E-state index contributed by atoms with van der Waals surface area (Å²) < 4.78 is 25.1. The molecule has 0 aromatic heterocycles. The van der Waals surface area contributed by atoms with Crippen LogP contribution in [0.3, 0.4) is 0 Å². The number of phenolic OH excluding ortho intramolecular Hbond substituents is 2. The number of benzene rings is 2. The predicted molar refractivity (Wildman–Crippen MR) is 97.5 cm³/mol. The fraction of sp³-hybridized carbons (Fsp3) is 0.400. The van der Waals surface area contributed by atoms with Gasteiger partial charge in [-0.3, -0.25) is 0 Å². The smallest absolute Gasteiger partial charge is 0.142 e. The molecule has 2 rings (SSSR count). The van der Waals surface area contributed by atoms with Crippen molar-refractivity contribution in [3.63, 3.8) is 0 Å². The molecule has 2 aromatic rings. The number of rotatable bonds is 9. The number of methoxy groups -OCH3 is 1. The third-order valence-corrected chi connectivity index (χ3v) is 4.26. The molecular weight excluding hydrogens is 355 g/mol. The third kappa shape index (κ3) is 4.68. The van der Waals surface area contributed by atoms with Crippen LogP contribution >= 0.6 is 0 Å². The van der Waals surface area contributed by atoms with Crippen LogP contribution in [0, 0.1) is 11.9 Å². The fourth-order valence-corrected chi connectivity index (χ4v) is 3.00. The molecule has 1 unspecified atom stereocenters. The first-order valence-electron chi connectivity index (χ1n) is 8.62. The van der Waals surface area contributed by atoms with Crippen molar-refractivity contribution < 1.29 is 34.3 Å². The summed E-state index contributed by atoms with van der Waals surface area (Å²) in [7, 11) is 1.40. The van der Waals surface area contributed by atoms with Gasteiger partial charge in [-0.15, -0.1) is 0 Å². The van der Waals surface area contributed by atoms with Crippen LogP contribution in [-0.4, -0.2) is 53.5 Å². The van der Waals surface area contributed by atoms with Crippen LogP contribution < -0.4 is 4.74 Å². The molecule has 0 aliphatic heterocycles. The van der Waals surface area contributed by atoms with Crippen molar-refractivity contribution in [2.24, 2.45) is 0 Å². The van der Waals surface area contributed by atoms with Gasteiger partial charge >= 0.3 is 0 Å². The molecule has 7 heteroatoms. The van der Waals surface area contributed by atoms with Crippen LogP contribution in [0.4, 0.5) is 4.39 Å². The number of hydrogen-bond acceptors (Lipinski definition) is 6. The Hall–Kier alpha value is -2.35. The van der Waals surface area contributed by atoms with Crippen LogP contribution in [-0.2, 0) is 17.6 Å². The summed E-state index contributed by atoms with van der Waals surface area (Å²) in [5, 5.41) is 38.9. The number of aliphatic hydroxyl groups is 2. The van der Waals surface area contributed by atoms with Gasteiger partial charge in [0.25, 0.3) is 0 Å². The normalized spacial score (nSPS) is 12.2. The van der Waals surface area contributed by atoms with Gasteiger partial charge in [-0.05, 0) is 36.1 Å². The third-order valence-electron chi connectivity index (χ3n) is 4.26. The molecule has 0 spiro atoms. The number of aromatic hydroxyl groups is 2. The number of ether oxygens (including phenoxy) is 2. The standard InChI is InChI=1S/C20H24FO6/c1-3-13-14(7-8-27-11-12(23)10-22)19(17(25)9-16(13)24)20-15(21)5-4-6-18(20)26-2/h4,6,9,12,22-25H,3,7-8,10-11H2,1-2H3. The summed E-state index contributed by atoms with van der Waals surface area (Å²) in [6.07, 6.45) is -0.293. The lowest BCUT2D eigenvalue weighted by atomic mass is 9.90. The van der Waals surface area contributed by atoms with E-state index in [1.54, 1.807) is 0 Å². The Bertz CT molecular complexity index is 778. The summed E-state index contributed by atoms with van der Waals surface area (Å²) in [6, 6.07) is 6.56. The molecular formula is C20H24FO6. The number of phenols is 2. The maximum Gasteiger partial charge on any atom is 0.142 e. The van der Waals surface area contributed by atoms with Crippen molar-refractivity contribution in [3.05, 3.63) is 41.2 Å². The molecule has 4 N–H and O–H groups in total. The van der Waals surface area contributed by atoms with Crippen LogP contribution in [0.15, 0.2) is 18.2 Å². The molecule has 1 atom stereocenters. The molecule has 0 heterocycles. The van der Waals surface area contributed by atoms with E-state index < -0.39 is 18.5 Å². The Kier molecular flexibility index (Phi) is 7.41. The van der Waals surface area contributed by atoms with E-state index >= 15 is 0 Å². The minimum atomic E-state index is -0.992. The summed E-state index contributed by atoms with van der Waals surface area (Å²) in [6.45, 7) is 1.50. The van der Waals surface area contributed by atoms with E-state index in [4.69, 9.17) is 14.6 Å². The number of hydrogen-bond donors (Lipinski definition) is 4. The molecule has 147 valence electrons. The van der Waals surface area contributed by atoms with Crippen molar-refractivity contribution >= 4 is 0 Å². The second kappa shape index (κ2) is 9.55. The maximum atomic E-state index is 14.6. The monoisotopic (exact) mass is 379 g/mol. The Labute approximate surface area is 157 Å². The minimum absolute atomic E-state index is 0.0533. The molecule has 0 aliphatic carbocycles. The highest BCUT2D eigenvalue weighted by Crippen LogP contribution is 2.44. The van der Waals surface area contributed by atoms with Gasteiger partial charge in [-0.25, -0.2) is 4.39 Å². The van der Waals surface area contributed by atoms with Crippen molar-refractivity contribution in [2.45, 2.75) is 25.9 Å². The highest BCUT2D eigenvalue weighted by molar-refractivity contribution is 5.81. The van der Waals surface area contributed by atoms with E-state index in [1.165, 1.54) is 25.3 Å². The maximum absolute atomic E-state index is 14.6. The molecule has 0 saturated carbocycles. The van der Waals surface area contributed by atoms with Gasteiger partial charge < -0.3 is 29.9 Å². The quantitative estimate of drug-likeness (QED) is 0.499. The summed E-state index contributed by atoms with van der Waals surface area (Å²) in [5.41, 5.74) is 1.34. The first-order valence-corrected chi connectivity index (χ1v) is 8.62. The largest absolute Gasteiger partial charge is 0.508 e. The van der Waals surface area contributed by atoms with E-state index in [9.17, 15) is 19.7 Å². The van der Waals surface area contributed by atoms with Crippen molar-refractivity contribution in [1.82, 2.24) is 0 Å². The van der Waals surface area contributed by atoms with Gasteiger partial charge in [-0.1, -0.05) is 6.92 Å². The first-order chi connectivity index (χ1) is 12.9. The lowest BCUT2D eigenvalue weighted by molar-refractivity contribution is 0.00720. The summed E-state index contributed by atoms with van der Waals surface area (Å²) in [5.74, 6) is -0.835. The lowest BCUT2D eigenvalue weighted by Crippen LogP contribution is -2.20. The van der Waals surface area contributed by atoms with E-state index in [2.05, 4.69) is 6.07 Å². The Morgan fingerprint density at radius 1 is 1.19 bits per heavy atom. The zero-order valence-electron chi connectivity index (χ0n) is 15.3. The zero-order chi connectivity index (χ0) is 20.0. The van der Waals surface area contributed by atoms with E-state index in [1.807, 2.05) is 6.92 Å². The van der Waals surface area contributed by atoms with Gasteiger partial charge in [0.05, 0.1) is 32.5 Å². The minimum Gasteiger partial charge on any atom is -0.508 e. The van der Waals surface area contributed by atoms with Crippen molar-refractivity contribution in [1.29, 1.82) is 0 Å².